The van der Waals surface area contributed by atoms with Crippen LogP contribution in [0.5, 0.6) is 17.2 Å². The van der Waals surface area contributed by atoms with Gasteiger partial charge in [-0.1, -0.05) is 13.0 Å². The van der Waals surface area contributed by atoms with E-state index in [1.54, 1.807) is 50.4 Å². The van der Waals surface area contributed by atoms with Crippen LogP contribution in [-0.2, 0) is 4.79 Å². The van der Waals surface area contributed by atoms with E-state index in [1.165, 1.54) is 0 Å². The molecule has 2 amide bonds. The molecule has 2 aromatic carbocycles. The lowest BCUT2D eigenvalue weighted by Crippen LogP contribution is -2.15. The summed E-state index contributed by atoms with van der Waals surface area (Å²) in [7, 11) is 1.54. The van der Waals surface area contributed by atoms with Crippen molar-refractivity contribution >= 4 is 23.2 Å². The topological polar surface area (TPSA) is 85.9 Å². The number of hydrogen-bond donors (Lipinski definition) is 2. The molecule has 0 aromatic heterocycles. The van der Waals surface area contributed by atoms with Gasteiger partial charge in [0.05, 0.1) is 31.7 Å². The molecule has 0 atom stereocenters. The van der Waals surface area contributed by atoms with Gasteiger partial charge in [-0.15, -0.1) is 0 Å². The van der Waals surface area contributed by atoms with Crippen LogP contribution in [-0.4, -0.2) is 32.1 Å². The van der Waals surface area contributed by atoms with Crippen LogP contribution in [0.2, 0.25) is 0 Å². The van der Waals surface area contributed by atoms with E-state index in [9.17, 15) is 9.59 Å². The third kappa shape index (κ3) is 5.39. The summed E-state index contributed by atoms with van der Waals surface area (Å²) in [6.45, 7) is 6.26. The third-order valence-corrected chi connectivity index (χ3v) is 3.86. The van der Waals surface area contributed by atoms with E-state index >= 15 is 0 Å². The first kappa shape index (κ1) is 21.1. The van der Waals surface area contributed by atoms with Crippen molar-refractivity contribution in [3.8, 4) is 17.2 Å². The van der Waals surface area contributed by atoms with Crippen LogP contribution in [0.1, 0.15) is 37.6 Å². The third-order valence-electron chi connectivity index (χ3n) is 3.86. The maximum absolute atomic E-state index is 12.7. The standard InChI is InChI=1S/C21H26N2O5/c1-5-20(24)22-16-12-19(28-7-3)17(13-18(16)27-6-2)23-21(25)14-9-8-10-15(11-14)26-4/h8-13H,5-7H2,1-4H3,(H,22,24)(H,23,25). The molecule has 2 aromatic rings. The molecule has 0 radical (unpaired) electrons. The van der Waals surface area contributed by atoms with Gasteiger partial charge in [0.25, 0.3) is 5.91 Å². The maximum atomic E-state index is 12.7. The predicted molar refractivity (Wildman–Crippen MR) is 109 cm³/mol. The van der Waals surface area contributed by atoms with Crippen molar-refractivity contribution in [1.82, 2.24) is 0 Å². The van der Waals surface area contributed by atoms with Gasteiger partial charge in [-0.05, 0) is 32.0 Å². The predicted octanol–water partition coefficient (Wildman–Crippen LogP) is 4.09. The SMILES string of the molecule is CCOc1cc(NC(=O)c2cccc(OC)c2)c(OCC)cc1NC(=O)CC. The fourth-order valence-corrected chi connectivity index (χ4v) is 2.50. The summed E-state index contributed by atoms with van der Waals surface area (Å²) in [6.07, 6.45) is 0.337. The molecule has 7 heteroatoms. The Balaban J connectivity index is 2.38. The highest BCUT2D eigenvalue weighted by atomic mass is 16.5. The summed E-state index contributed by atoms with van der Waals surface area (Å²) in [5.41, 5.74) is 1.40. The second-order valence-corrected chi connectivity index (χ2v) is 5.80. The zero-order valence-electron chi connectivity index (χ0n) is 16.6. The monoisotopic (exact) mass is 386 g/mol. The molecule has 2 rings (SSSR count). The van der Waals surface area contributed by atoms with Crippen LogP contribution in [0.4, 0.5) is 11.4 Å². The van der Waals surface area contributed by atoms with E-state index in [0.717, 1.165) is 0 Å². The zero-order chi connectivity index (χ0) is 20.5. The zero-order valence-corrected chi connectivity index (χ0v) is 16.6. The van der Waals surface area contributed by atoms with Gasteiger partial charge >= 0.3 is 0 Å². The fourth-order valence-electron chi connectivity index (χ4n) is 2.50. The highest BCUT2D eigenvalue weighted by molar-refractivity contribution is 6.06. The van der Waals surface area contributed by atoms with Crippen LogP contribution in [0.15, 0.2) is 36.4 Å². The number of carbonyl (C=O) groups excluding carboxylic acids is 2. The van der Waals surface area contributed by atoms with Gasteiger partial charge in [0.1, 0.15) is 17.2 Å². The summed E-state index contributed by atoms with van der Waals surface area (Å²) in [6, 6.07) is 10.2. The number of nitrogens with one attached hydrogen (secondary N) is 2. The van der Waals surface area contributed by atoms with E-state index < -0.39 is 0 Å². The van der Waals surface area contributed by atoms with Crippen molar-refractivity contribution in [3.63, 3.8) is 0 Å². The number of hydrogen-bond acceptors (Lipinski definition) is 5. The van der Waals surface area contributed by atoms with Gasteiger partial charge in [-0.3, -0.25) is 9.59 Å². The van der Waals surface area contributed by atoms with Crippen LogP contribution in [0.3, 0.4) is 0 Å². The van der Waals surface area contributed by atoms with Gasteiger partial charge in [0.15, 0.2) is 0 Å². The van der Waals surface area contributed by atoms with E-state index in [0.29, 0.717) is 53.8 Å². The molecular formula is C21H26N2O5. The molecule has 0 aliphatic carbocycles. The number of anilines is 2. The van der Waals surface area contributed by atoms with E-state index in [4.69, 9.17) is 14.2 Å². The van der Waals surface area contributed by atoms with Gasteiger partial charge in [-0.2, -0.15) is 0 Å². The molecule has 0 unspecified atom stereocenters. The molecule has 2 N–H and O–H groups in total. The Morgan fingerprint density at radius 1 is 0.893 bits per heavy atom. The number of rotatable bonds is 9. The minimum absolute atomic E-state index is 0.142. The molecular weight excluding hydrogens is 360 g/mol. The van der Waals surface area contributed by atoms with Crippen molar-refractivity contribution in [2.24, 2.45) is 0 Å². The number of methoxy groups -OCH3 is 1. The molecule has 0 spiro atoms. The Hall–Kier alpha value is -3.22. The molecule has 7 nitrogen and oxygen atoms in total. The molecule has 0 fully saturated rings. The highest BCUT2D eigenvalue weighted by Gasteiger charge is 2.17. The number of carbonyl (C=O) groups is 2. The van der Waals surface area contributed by atoms with E-state index in [-0.39, 0.29) is 11.8 Å². The van der Waals surface area contributed by atoms with Crippen LogP contribution in [0.25, 0.3) is 0 Å². The lowest BCUT2D eigenvalue weighted by Gasteiger charge is -2.17. The molecule has 0 aliphatic rings. The Kier molecular flexibility index (Phi) is 7.68. The average molecular weight is 386 g/mol. The molecule has 0 bridgehead atoms. The van der Waals surface area contributed by atoms with Crippen molar-refractivity contribution in [1.29, 1.82) is 0 Å². The van der Waals surface area contributed by atoms with Gasteiger partial charge in [-0.25, -0.2) is 0 Å². The van der Waals surface area contributed by atoms with Gasteiger partial charge in [0, 0.05) is 24.1 Å². The molecule has 150 valence electrons. The number of benzene rings is 2. The lowest BCUT2D eigenvalue weighted by molar-refractivity contribution is -0.115. The Morgan fingerprint density at radius 2 is 1.50 bits per heavy atom. The van der Waals surface area contributed by atoms with Crippen molar-refractivity contribution < 1.29 is 23.8 Å². The van der Waals surface area contributed by atoms with Crippen molar-refractivity contribution in [2.45, 2.75) is 27.2 Å². The first-order valence-electron chi connectivity index (χ1n) is 9.21. The molecule has 0 saturated heterocycles. The fraction of sp³-hybridized carbons (Fsp3) is 0.333. The van der Waals surface area contributed by atoms with Gasteiger partial charge < -0.3 is 24.8 Å². The minimum Gasteiger partial charge on any atom is -0.497 e. The summed E-state index contributed by atoms with van der Waals surface area (Å²) in [5, 5.41) is 5.64. The first-order chi connectivity index (χ1) is 13.5. The Labute approximate surface area is 165 Å². The van der Waals surface area contributed by atoms with E-state index in [2.05, 4.69) is 10.6 Å². The number of amides is 2. The summed E-state index contributed by atoms with van der Waals surface area (Å²) < 4.78 is 16.5. The normalized spacial score (nSPS) is 10.1. The quantitative estimate of drug-likeness (QED) is 0.678. The minimum atomic E-state index is -0.312. The highest BCUT2D eigenvalue weighted by Crippen LogP contribution is 2.37. The summed E-state index contributed by atoms with van der Waals surface area (Å²) in [5.74, 6) is 1.02. The molecule has 28 heavy (non-hydrogen) atoms. The first-order valence-corrected chi connectivity index (χ1v) is 9.21. The second kappa shape index (κ2) is 10.2. The van der Waals surface area contributed by atoms with Crippen LogP contribution >= 0.6 is 0 Å². The van der Waals surface area contributed by atoms with Gasteiger partial charge in [0.2, 0.25) is 5.91 Å². The molecule has 0 heterocycles. The van der Waals surface area contributed by atoms with Crippen molar-refractivity contribution in [3.05, 3.63) is 42.0 Å². The Bertz CT molecular complexity index is 836. The summed E-state index contributed by atoms with van der Waals surface area (Å²) in [4.78, 5) is 24.5. The number of ether oxygens (including phenoxy) is 3. The van der Waals surface area contributed by atoms with Crippen LogP contribution in [0, 0.1) is 0 Å². The summed E-state index contributed by atoms with van der Waals surface area (Å²) >= 11 is 0. The largest absolute Gasteiger partial charge is 0.497 e. The lowest BCUT2D eigenvalue weighted by atomic mass is 10.1. The average Bonchev–Trinajstić information content (AvgIpc) is 2.71. The maximum Gasteiger partial charge on any atom is 0.255 e. The van der Waals surface area contributed by atoms with Crippen LogP contribution < -0.4 is 24.8 Å². The van der Waals surface area contributed by atoms with E-state index in [1.807, 2.05) is 13.8 Å². The Morgan fingerprint density at radius 3 is 2.04 bits per heavy atom. The van der Waals surface area contributed by atoms with Crippen molar-refractivity contribution in [2.75, 3.05) is 31.0 Å². The molecule has 0 aliphatic heterocycles. The smallest absolute Gasteiger partial charge is 0.255 e. The second-order valence-electron chi connectivity index (χ2n) is 5.80. The molecule has 0 saturated carbocycles.